The van der Waals surface area contributed by atoms with Crippen molar-refractivity contribution in [2.45, 2.75) is 4.90 Å². The number of phenolic OH excluding ortho intramolecular Hbond substituents is 2. The first kappa shape index (κ1) is 22.9. The van der Waals surface area contributed by atoms with Gasteiger partial charge in [0.25, 0.3) is 10.0 Å². The predicted octanol–water partition coefficient (Wildman–Crippen LogP) is 4.00. The fraction of sp³-hybridized carbons (Fsp3) is 0. The number of sulfonamides is 1. The van der Waals surface area contributed by atoms with E-state index in [0.29, 0.717) is 5.69 Å². The summed E-state index contributed by atoms with van der Waals surface area (Å²) in [6.07, 6.45) is 0. The van der Waals surface area contributed by atoms with E-state index in [1.807, 2.05) is 0 Å². The molecule has 0 amide bonds. The van der Waals surface area contributed by atoms with Crippen LogP contribution < -0.4 is 15.8 Å². The molecule has 0 bridgehead atoms. The maximum Gasteiger partial charge on any atom is 0.264 e. The molecule has 0 fully saturated rings. The number of anilines is 4. The van der Waals surface area contributed by atoms with Crippen LogP contribution in [0.5, 0.6) is 11.5 Å². The highest BCUT2D eigenvalue weighted by molar-refractivity contribution is 7.93. The molecule has 0 atom stereocenters. The summed E-state index contributed by atoms with van der Waals surface area (Å²) in [6.45, 7) is 0. The molecular formula is C26H19N3O6S. The lowest BCUT2D eigenvalue weighted by Gasteiger charge is -2.24. The molecule has 0 radical (unpaired) electrons. The third-order valence-electron chi connectivity index (χ3n) is 5.77. The second-order valence-corrected chi connectivity index (χ2v) is 9.74. The van der Waals surface area contributed by atoms with Gasteiger partial charge in [-0.15, -0.1) is 0 Å². The summed E-state index contributed by atoms with van der Waals surface area (Å²) in [5, 5.41) is 22.8. The van der Waals surface area contributed by atoms with Gasteiger partial charge < -0.3 is 21.3 Å². The molecule has 36 heavy (non-hydrogen) atoms. The number of ketones is 2. The van der Waals surface area contributed by atoms with Crippen molar-refractivity contribution in [2.24, 2.45) is 0 Å². The highest BCUT2D eigenvalue weighted by atomic mass is 32.2. The van der Waals surface area contributed by atoms with Crippen molar-refractivity contribution in [3.05, 3.63) is 101 Å². The SMILES string of the molecule is Nc1c(S(=O)(=O)Nc2cc(O)ccc2O)cc(Nc2ccccc2)c2c1C(=O)c1ccccc1C2=O. The Morgan fingerprint density at radius 1 is 0.722 bits per heavy atom. The van der Waals surface area contributed by atoms with Gasteiger partial charge in [-0.2, -0.15) is 0 Å². The average Bonchev–Trinajstić information content (AvgIpc) is 2.86. The van der Waals surface area contributed by atoms with Crippen molar-refractivity contribution in [1.29, 1.82) is 0 Å². The number of carbonyl (C=O) groups is 2. The van der Waals surface area contributed by atoms with E-state index >= 15 is 0 Å². The van der Waals surface area contributed by atoms with Gasteiger partial charge in [0, 0.05) is 22.9 Å². The van der Waals surface area contributed by atoms with Crippen molar-refractivity contribution in [3.8, 4) is 11.5 Å². The minimum absolute atomic E-state index is 0.0424. The zero-order chi connectivity index (χ0) is 25.6. The van der Waals surface area contributed by atoms with Crippen LogP contribution in [-0.2, 0) is 10.0 Å². The van der Waals surface area contributed by atoms with Crippen LogP contribution in [0.1, 0.15) is 31.8 Å². The molecule has 0 saturated carbocycles. The van der Waals surface area contributed by atoms with Crippen LogP contribution in [0.25, 0.3) is 0 Å². The summed E-state index contributed by atoms with van der Waals surface area (Å²) in [5.41, 5.74) is 6.18. The number of phenols is 2. The average molecular weight is 502 g/mol. The van der Waals surface area contributed by atoms with E-state index in [2.05, 4.69) is 10.0 Å². The zero-order valence-electron chi connectivity index (χ0n) is 18.5. The molecule has 0 aliphatic heterocycles. The van der Waals surface area contributed by atoms with E-state index in [9.17, 15) is 28.2 Å². The molecule has 1 aliphatic carbocycles. The van der Waals surface area contributed by atoms with E-state index in [-0.39, 0.29) is 39.4 Å². The van der Waals surface area contributed by atoms with Crippen molar-refractivity contribution in [3.63, 3.8) is 0 Å². The summed E-state index contributed by atoms with van der Waals surface area (Å²) in [7, 11) is -4.50. The number of hydrogen-bond acceptors (Lipinski definition) is 8. The van der Waals surface area contributed by atoms with E-state index in [1.165, 1.54) is 24.3 Å². The number of carbonyl (C=O) groups excluding carboxylic acids is 2. The summed E-state index contributed by atoms with van der Waals surface area (Å²) in [6, 6.07) is 19.4. The predicted molar refractivity (Wildman–Crippen MR) is 134 cm³/mol. The number of nitrogen functional groups attached to an aromatic ring is 1. The van der Waals surface area contributed by atoms with Gasteiger partial charge >= 0.3 is 0 Å². The second kappa shape index (κ2) is 8.43. The van der Waals surface area contributed by atoms with Crippen molar-refractivity contribution in [1.82, 2.24) is 0 Å². The topological polar surface area (TPSA) is 159 Å². The lowest BCUT2D eigenvalue weighted by atomic mass is 9.82. The van der Waals surface area contributed by atoms with Crippen LogP contribution >= 0.6 is 0 Å². The molecule has 6 N–H and O–H groups in total. The molecule has 0 saturated heterocycles. The maximum atomic E-state index is 13.5. The molecule has 9 nitrogen and oxygen atoms in total. The molecule has 5 rings (SSSR count). The van der Waals surface area contributed by atoms with Gasteiger partial charge in [0.15, 0.2) is 11.6 Å². The lowest BCUT2D eigenvalue weighted by molar-refractivity contribution is 0.0980. The van der Waals surface area contributed by atoms with E-state index in [1.54, 1.807) is 42.5 Å². The fourth-order valence-electron chi connectivity index (χ4n) is 4.10. The Hall–Kier alpha value is -4.83. The molecule has 0 aromatic heterocycles. The highest BCUT2D eigenvalue weighted by Gasteiger charge is 2.37. The summed E-state index contributed by atoms with van der Waals surface area (Å²) in [4.78, 5) is 26.5. The number of nitrogens with two attached hydrogens (primary N) is 1. The number of para-hydroxylation sites is 1. The summed E-state index contributed by atoms with van der Waals surface area (Å²) < 4.78 is 29.0. The van der Waals surface area contributed by atoms with Crippen LogP contribution in [0.2, 0.25) is 0 Å². The Balaban J connectivity index is 1.73. The number of benzene rings is 4. The number of rotatable bonds is 5. The van der Waals surface area contributed by atoms with E-state index < -0.39 is 37.9 Å². The van der Waals surface area contributed by atoms with Crippen molar-refractivity contribution in [2.75, 3.05) is 15.8 Å². The quantitative estimate of drug-likeness (QED) is 0.137. The van der Waals surface area contributed by atoms with Gasteiger partial charge in [-0.3, -0.25) is 14.3 Å². The fourth-order valence-corrected chi connectivity index (χ4v) is 5.32. The Morgan fingerprint density at radius 2 is 1.33 bits per heavy atom. The third-order valence-corrected chi connectivity index (χ3v) is 7.17. The Bertz CT molecular complexity index is 1670. The van der Waals surface area contributed by atoms with Crippen molar-refractivity contribution < 1.29 is 28.2 Å². The molecule has 0 spiro atoms. The minimum Gasteiger partial charge on any atom is -0.508 e. The maximum absolute atomic E-state index is 13.5. The Morgan fingerprint density at radius 3 is 2.00 bits per heavy atom. The molecular weight excluding hydrogens is 482 g/mol. The zero-order valence-corrected chi connectivity index (χ0v) is 19.3. The Labute approximate surface area is 205 Å². The summed E-state index contributed by atoms with van der Waals surface area (Å²) in [5.74, 6) is -1.79. The van der Waals surface area contributed by atoms with Crippen LogP contribution in [0.3, 0.4) is 0 Å². The van der Waals surface area contributed by atoms with Crippen LogP contribution in [0.4, 0.5) is 22.7 Å². The molecule has 0 heterocycles. The number of hydrogen-bond donors (Lipinski definition) is 5. The normalized spacial score (nSPS) is 12.6. The first-order valence-electron chi connectivity index (χ1n) is 10.7. The van der Waals surface area contributed by atoms with Crippen LogP contribution in [0, 0.1) is 0 Å². The standard InChI is InChI=1S/C26H19N3O6S/c27-24-21(36(34,35)29-18-12-15(30)10-11-20(18)31)13-19(28-14-6-2-1-3-7-14)22-23(24)26(33)17-9-5-4-8-16(17)25(22)32/h1-13,28-31H,27H2. The smallest absolute Gasteiger partial charge is 0.264 e. The molecule has 0 unspecified atom stereocenters. The molecule has 4 aromatic carbocycles. The lowest BCUT2D eigenvalue weighted by Crippen LogP contribution is -2.26. The number of aromatic hydroxyl groups is 2. The molecule has 180 valence electrons. The largest absolute Gasteiger partial charge is 0.508 e. The van der Waals surface area contributed by atoms with Crippen LogP contribution in [0.15, 0.2) is 83.8 Å². The second-order valence-electron chi connectivity index (χ2n) is 8.09. The first-order chi connectivity index (χ1) is 17.2. The molecule has 1 aliphatic rings. The number of nitrogens with one attached hydrogen (secondary N) is 2. The van der Waals surface area contributed by atoms with Gasteiger partial charge in [-0.25, -0.2) is 8.42 Å². The van der Waals surface area contributed by atoms with Crippen LogP contribution in [-0.4, -0.2) is 30.2 Å². The first-order valence-corrected chi connectivity index (χ1v) is 12.2. The minimum atomic E-state index is -4.50. The summed E-state index contributed by atoms with van der Waals surface area (Å²) >= 11 is 0. The van der Waals surface area contributed by atoms with E-state index in [0.717, 1.165) is 12.1 Å². The van der Waals surface area contributed by atoms with Gasteiger partial charge in [0.1, 0.15) is 16.4 Å². The monoisotopic (exact) mass is 501 g/mol. The third kappa shape index (κ3) is 3.79. The van der Waals surface area contributed by atoms with Gasteiger partial charge in [0.05, 0.1) is 28.2 Å². The Kier molecular flexibility index (Phi) is 5.37. The number of fused-ring (bicyclic) bond motifs is 2. The molecule has 4 aromatic rings. The van der Waals surface area contributed by atoms with E-state index in [4.69, 9.17) is 5.73 Å². The van der Waals surface area contributed by atoms with Gasteiger partial charge in [-0.05, 0) is 30.3 Å². The van der Waals surface area contributed by atoms with Gasteiger partial charge in [-0.1, -0.05) is 42.5 Å². The van der Waals surface area contributed by atoms with Gasteiger partial charge in [0.2, 0.25) is 0 Å². The van der Waals surface area contributed by atoms with Crippen molar-refractivity contribution >= 4 is 44.3 Å². The highest BCUT2D eigenvalue weighted by Crippen LogP contribution is 2.41. The molecule has 10 heteroatoms.